The summed E-state index contributed by atoms with van der Waals surface area (Å²) in [6.07, 6.45) is 8.43. The van der Waals surface area contributed by atoms with Crippen molar-refractivity contribution in [1.82, 2.24) is 0 Å². The molecule has 0 aromatic rings. The van der Waals surface area contributed by atoms with Gasteiger partial charge in [-0.15, -0.1) is 0 Å². The van der Waals surface area contributed by atoms with Gasteiger partial charge in [-0.05, 0) is 39.5 Å². The molecule has 0 heterocycles. The van der Waals surface area contributed by atoms with E-state index in [2.05, 4.69) is 13.8 Å². The Kier molecular flexibility index (Phi) is 13.5. The van der Waals surface area contributed by atoms with Crippen molar-refractivity contribution in [1.29, 1.82) is 0 Å². The molecule has 0 unspecified atom stereocenters. The van der Waals surface area contributed by atoms with E-state index in [-0.39, 0.29) is 11.9 Å². The Morgan fingerprint density at radius 2 is 1.00 bits per heavy atom. The van der Waals surface area contributed by atoms with Crippen molar-refractivity contribution in [3.8, 4) is 0 Å². The highest BCUT2D eigenvalue weighted by Gasteiger charge is 2.22. The van der Waals surface area contributed by atoms with Crippen molar-refractivity contribution >= 4 is 11.9 Å². The minimum Gasteiger partial charge on any atom is -0.463 e. The zero-order chi connectivity index (χ0) is 17.5. The molecule has 0 aromatic heterocycles. The molecule has 0 saturated heterocycles. The van der Waals surface area contributed by atoms with Crippen LogP contribution in [-0.2, 0) is 19.1 Å². The van der Waals surface area contributed by atoms with E-state index < -0.39 is 0 Å². The third kappa shape index (κ3) is 9.42. The van der Waals surface area contributed by atoms with Crippen LogP contribution in [0.25, 0.3) is 0 Å². The molecule has 0 aliphatic carbocycles. The lowest BCUT2D eigenvalue weighted by molar-refractivity contribution is -0.142. The van der Waals surface area contributed by atoms with E-state index in [0.717, 1.165) is 44.9 Å². The summed E-state index contributed by atoms with van der Waals surface area (Å²) in [5.74, 6) is -0.717. The van der Waals surface area contributed by atoms with Crippen molar-refractivity contribution in [3.05, 3.63) is 11.1 Å². The van der Waals surface area contributed by atoms with E-state index in [1.165, 1.54) is 0 Å². The van der Waals surface area contributed by atoms with E-state index in [9.17, 15) is 9.59 Å². The number of unbranched alkanes of at least 4 members (excludes halogenated alkanes) is 5. The summed E-state index contributed by atoms with van der Waals surface area (Å²) in [6.45, 7) is 8.48. The van der Waals surface area contributed by atoms with Gasteiger partial charge in [0.1, 0.15) is 0 Å². The van der Waals surface area contributed by atoms with E-state index in [1.807, 2.05) is 0 Å². The molecule has 0 atom stereocenters. The highest BCUT2D eigenvalue weighted by Crippen LogP contribution is 2.22. The quantitative estimate of drug-likeness (QED) is 0.273. The van der Waals surface area contributed by atoms with Crippen LogP contribution < -0.4 is 0 Å². The molecule has 4 heteroatoms. The first-order valence-electron chi connectivity index (χ1n) is 9.18. The zero-order valence-corrected chi connectivity index (χ0v) is 15.4. The normalized spacial score (nSPS) is 11.8. The molecule has 0 fully saturated rings. The van der Waals surface area contributed by atoms with Crippen LogP contribution in [0, 0.1) is 0 Å². The molecule has 0 aliphatic heterocycles. The molecular weight excluding hydrogens is 292 g/mol. The number of rotatable bonds is 13. The molecule has 0 aromatic carbocycles. The Bertz CT molecular complexity index is 372. The minimum absolute atomic E-state index is 0.321. The number of ether oxygens (including phenoxy) is 2. The summed E-state index contributed by atoms with van der Waals surface area (Å²) in [6, 6.07) is 0. The predicted molar refractivity (Wildman–Crippen MR) is 93.2 cm³/mol. The maximum Gasteiger partial charge on any atom is 0.334 e. The van der Waals surface area contributed by atoms with E-state index in [0.29, 0.717) is 37.2 Å². The number of hydrogen-bond donors (Lipinski definition) is 0. The third-order valence-corrected chi connectivity index (χ3v) is 3.72. The second-order valence-electron chi connectivity index (χ2n) is 5.67. The van der Waals surface area contributed by atoms with Crippen LogP contribution in [0.5, 0.6) is 0 Å². The van der Waals surface area contributed by atoms with Crippen LogP contribution in [0.3, 0.4) is 0 Å². The number of carbonyl (C=O) groups is 2. The molecule has 0 bridgehead atoms. The van der Waals surface area contributed by atoms with Gasteiger partial charge in [0.25, 0.3) is 0 Å². The Morgan fingerprint density at radius 3 is 1.39 bits per heavy atom. The largest absolute Gasteiger partial charge is 0.463 e. The summed E-state index contributed by atoms with van der Waals surface area (Å²) in [7, 11) is 0. The van der Waals surface area contributed by atoms with E-state index in [4.69, 9.17) is 9.47 Å². The first-order chi connectivity index (χ1) is 11.1. The number of hydrogen-bond acceptors (Lipinski definition) is 4. The van der Waals surface area contributed by atoms with Crippen LogP contribution in [-0.4, -0.2) is 25.2 Å². The summed E-state index contributed by atoms with van der Waals surface area (Å²) >= 11 is 0. The van der Waals surface area contributed by atoms with Gasteiger partial charge in [0.05, 0.1) is 13.2 Å². The summed E-state index contributed by atoms with van der Waals surface area (Å²) in [5, 5.41) is 0. The van der Waals surface area contributed by atoms with Gasteiger partial charge in [-0.25, -0.2) is 9.59 Å². The minimum atomic E-state index is -0.359. The molecule has 0 rings (SSSR count). The van der Waals surface area contributed by atoms with Gasteiger partial charge >= 0.3 is 11.9 Å². The average Bonchev–Trinajstić information content (AvgIpc) is 2.53. The Balaban J connectivity index is 5.24. The number of esters is 2. The number of carbonyl (C=O) groups excluding carboxylic acids is 2. The zero-order valence-electron chi connectivity index (χ0n) is 15.4. The van der Waals surface area contributed by atoms with Crippen molar-refractivity contribution in [2.75, 3.05) is 13.2 Å². The highest BCUT2D eigenvalue weighted by atomic mass is 16.5. The highest BCUT2D eigenvalue weighted by molar-refractivity contribution is 6.00. The van der Waals surface area contributed by atoms with Gasteiger partial charge in [-0.3, -0.25) is 0 Å². The molecule has 0 amide bonds. The van der Waals surface area contributed by atoms with Crippen LogP contribution >= 0.6 is 0 Å². The molecule has 0 N–H and O–H groups in total. The van der Waals surface area contributed by atoms with E-state index >= 15 is 0 Å². The first kappa shape index (κ1) is 21.7. The molecular formula is C19H34O4. The van der Waals surface area contributed by atoms with Gasteiger partial charge in [0, 0.05) is 11.1 Å². The predicted octanol–water partition coefficient (Wildman–Crippen LogP) is 4.96. The Morgan fingerprint density at radius 1 is 0.609 bits per heavy atom. The van der Waals surface area contributed by atoms with Crippen molar-refractivity contribution in [3.63, 3.8) is 0 Å². The molecule has 0 aliphatic rings. The molecule has 0 radical (unpaired) electrons. The molecule has 0 saturated carbocycles. The second-order valence-corrected chi connectivity index (χ2v) is 5.67. The second kappa shape index (κ2) is 14.3. The lowest BCUT2D eigenvalue weighted by atomic mass is 9.97. The molecule has 0 spiro atoms. The van der Waals surface area contributed by atoms with Crippen molar-refractivity contribution in [2.24, 2.45) is 0 Å². The van der Waals surface area contributed by atoms with Crippen LogP contribution in [0.15, 0.2) is 11.1 Å². The van der Waals surface area contributed by atoms with Gasteiger partial charge in [-0.2, -0.15) is 0 Å². The fourth-order valence-corrected chi connectivity index (χ4v) is 2.47. The van der Waals surface area contributed by atoms with Crippen LogP contribution in [0.1, 0.15) is 85.5 Å². The maximum atomic E-state index is 12.3. The van der Waals surface area contributed by atoms with Gasteiger partial charge in [-0.1, -0.05) is 46.0 Å². The van der Waals surface area contributed by atoms with E-state index in [1.54, 1.807) is 13.8 Å². The Labute approximate surface area is 141 Å². The maximum absolute atomic E-state index is 12.3. The van der Waals surface area contributed by atoms with Crippen molar-refractivity contribution in [2.45, 2.75) is 85.5 Å². The first-order valence-corrected chi connectivity index (χ1v) is 9.18. The fraction of sp³-hybridized carbons (Fsp3) is 0.789. The summed E-state index contributed by atoms with van der Waals surface area (Å²) in [4.78, 5) is 24.6. The lowest BCUT2D eigenvalue weighted by Gasteiger charge is -2.14. The average molecular weight is 326 g/mol. The van der Waals surface area contributed by atoms with Gasteiger partial charge in [0.2, 0.25) is 0 Å². The Hall–Kier alpha value is -1.32. The lowest BCUT2D eigenvalue weighted by Crippen LogP contribution is -2.17. The van der Waals surface area contributed by atoms with Crippen LogP contribution in [0.2, 0.25) is 0 Å². The monoisotopic (exact) mass is 326 g/mol. The van der Waals surface area contributed by atoms with Gasteiger partial charge < -0.3 is 9.47 Å². The molecule has 4 nitrogen and oxygen atoms in total. The summed E-state index contributed by atoms with van der Waals surface area (Å²) < 4.78 is 10.3. The molecule has 134 valence electrons. The topological polar surface area (TPSA) is 52.6 Å². The fourth-order valence-electron chi connectivity index (χ4n) is 2.47. The van der Waals surface area contributed by atoms with Crippen LogP contribution in [0.4, 0.5) is 0 Å². The smallest absolute Gasteiger partial charge is 0.334 e. The SMILES string of the molecule is CCCCCC/C(C(=O)OCC)=C(\CCCCC)C(=O)OCC. The molecule has 23 heavy (non-hydrogen) atoms. The van der Waals surface area contributed by atoms with Gasteiger partial charge in [0.15, 0.2) is 0 Å². The van der Waals surface area contributed by atoms with Crippen molar-refractivity contribution < 1.29 is 19.1 Å². The summed E-state index contributed by atoms with van der Waals surface area (Å²) in [5.41, 5.74) is 1.05. The standard InChI is InChI=1S/C19H34O4/c1-5-9-11-13-15-17(19(21)23-8-4)16(14-12-10-6-2)18(20)22-7-3/h5-15H2,1-4H3/b17-16-. The third-order valence-electron chi connectivity index (χ3n) is 3.72.